The molecule has 1 amide bonds. The number of likely N-dealkylation sites (tertiary alicyclic amines) is 1. The van der Waals surface area contributed by atoms with Crippen LogP contribution in [0.5, 0.6) is 5.75 Å². The summed E-state index contributed by atoms with van der Waals surface area (Å²) in [5.74, 6) is -0.298. The van der Waals surface area contributed by atoms with E-state index in [1.165, 1.54) is 10.5 Å². The van der Waals surface area contributed by atoms with E-state index < -0.39 is 34.2 Å². The molecule has 1 aliphatic rings. The molecule has 2 aromatic rings. The average Bonchev–Trinajstić information content (AvgIpc) is 3.41. The number of aromatic nitrogens is 2. The molecule has 2 heterocycles. The van der Waals surface area contributed by atoms with E-state index in [9.17, 15) is 23.1 Å². The minimum atomic E-state index is -3.71. The van der Waals surface area contributed by atoms with Gasteiger partial charge in [-0.1, -0.05) is 12.1 Å². The van der Waals surface area contributed by atoms with Crippen LogP contribution in [0.1, 0.15) is 46.1 Å². The van der Waals surface area contributed by atoms with E-state index in [2.05, 4.69) is 15.3 Å². The highest BCUT2D eigenvalue weighted by Gasteiger charge is 2.28. The second-order valence-electron chi connectivity index (χ2n) is 9.67. The summed E-state index contributed by atoms with van der Waals surface area (Å²) in [6.45, 7) is 9.91. The Morgan fingerprint density at radius 2 is 1.74 bits per heavy atom. The third-order valence-electron chi connectivity index (χ3n) is 6.41. The summed E-state index contributed by atoms with van der Waals surface area (Å²) in [7, 11) is -3.71. The molecule has 39 heavy (non-hydrogen) atoms. The molecule has 2 N–H and O–H groups in total. The van der Waals surface area contributed by atoms with Crippen LogP contribution in [0.3, 0.4) is 0 Å². The van der Waals surface area contributed by atoms with Gasteiger partial charge in [0.05, 0.1) is 12.5 Å². The maximum absolute atomic E-state index is 12.6. The minimum Gasteiger partial charge on any atom is -0.480 e. The van der Waals surface area contributed by atoms with Crippen LogP contribution in [-0.2, 0) is 21.2 Å². The lowest BCUT2D eigenvalue weighted by molar-refractivity contribution is -0.137. The quantitative estimate of drug-likeness (QED) is 0.395. The molecule has 0 unspecified atom stereocenters. The highest BCUT2D eigenvalue weighted by molar-refractivity contribution is 7.92. The molecule has 214 valence electrons. The Labute approximate surface area is 230 Å². The van der Waals surface area contributed by atoms with Crippen LogP contribution in [0.4, 0.5) is 22.2 Å². The fraction of sp³-hybridized carbons (Fsp3) is 0.538. The predicted octanol–water partition coefficient (Wildman–Crippen LogP) is 3.20. The third kappa shape index (κ3) is 7.71. The molecule has 1 aromatic carbocycles. The molecule has 1 atom stereocenters. The first kappa shape index (κ1) is 29.9. The van der Waals surface area contributed by atoms with Crippen molar-refractivity contribution in [1.82, 2.24) is 14.9 Å². The predicted molar refractivity (Wildman–Crippen MR) is 150 cm³/mol. The number of nitrogens with zero attached hydrogens (tertiary/aromatic N) is 5. The van der Waals surface area contributed by atoms with E-state index in [0.29, 0.717) is 43.4 Å². The van der Waals surface area contributed by atoms with Gasteiger partial charge in [0.25, 0.3) is 0 Å². The van der Waals surface area contributed by atoms with Crippen LogP contribution in [0, 0.1) is 0 Å². The zero-order valence-corrected chi connectivity index (χ0v) is 23.9. The van der Waals surface area contributed by atoms with Gasteiger partial charge in [0.1, 0.15) is 17.5 Å². The lowest BCUT2D eigenvalue weighted by Gasteiger charge is -2.29. The number of carbonyl (C=O) groups excluding carboxylic acids is 1. The zero-order chi connectivity index (χ0) is 28.7. The number of benzene rings is 1. The van der Waals surface area contributed by atoms with Gasteiger partial charge in [-0.2, -0.15) is 4.98 Å². The van der Waals surface area contributed by atoms with Gasteiger partial charge < -0.3 is 25.0 Å². The van der Waals surface area contributed by atoms with Gasteiger partial charge >= 0.3 is 12.1 Å². The molecular formula is C26H38N6O6S. The maximum atomic E-state index is 12.6. The van der Waals surface area contributed by atoms with Gasteiger partial charge in [-0.05, 0) is 58.2 Å². The van der Waals surface area contributed by atoms with Crippen LogP contribution < -0.4 is 19.3 Å². The molecule has 12 nitrogen and oxygen atoms in total. The first-order chi connectivity index (χ1) is 18.4. The largest absolute Gasteiger partial charge is 0.480 e. The number of carboxylic acid groups (broad SMARTS) is 1. The van der Waals surface area contributed by atoms with Crippen molar-refractivity contribution in [3.8, 4) is 5.75 Å². The fourth-order valence-corrected chi connectivity index (χ4v) is 5.75. The van der Waals surface area contributed by atoms with Crippen molar-refractivity contribution in [1.29, 1.82) is 0 Å². The van der Waals surface area contributed by atoms with E-state index >= 15 is 0 Å². The number of anilines is 3. The van der Waals surface area contributed by atoms with Gasteiger partial charge in [0.15, 0.2) is 5.82 Å². The second kappa shape index (κ2) is 13.0. The molecule has 1 aliphatic heterocycles. The topological polar surface area (TPSA) is 145 Å². The van der Waals surface area contributed by atoms with E-state index in [4.69, 9.17) is 4.74 Å². The molecule has 3 rings (SSSR count). The van der Waals surface area contributed by atoms with Crippen LogP contribution in [0.25, 0.3) is 0 Å². The SMILES string of the molecule is CCN(CC)c1ncc(N(C(C)C)S(C)(=O)=O)c(N[C@@H](Cc2ccc(OC(=O)N3CCCC3)cc2)C(=O)O)n1. The number of hydrogen-bond donors (Lipinski definition) is 2. The van der Waals surface area contributed by atoms with Crippen molar-refractivity contribution in [3.05, 3.63) is 36.0 Å². The Morgan fingerprint density at radius 3 is 2.26 bits per heavy atom. The summed E-state index contributed by atoms with van der Waals surface area (Å²) in [6.07, 6.45) is 4.09. The summed E-state index contributed by atoms with van der Waals surface area (Å²) in [6, 6.07) is 5.06. The number of sulfonamides is 1. The average molecular weight is 563 g/mol. The maximum Gasteiger partial charge on any atom is 0.415 e. The van der Waals surface area contributed by atoms with E-state index in [1.807, 2.05) is 18.7 Å². The van der Waals surface area contributed by atoms with Crippen molar-refractivity contribution >= 4 is 39.5 Å². The Hall–Kier alpha value is -3.61. The highest BCUT2D eigenvalue weighted by atomic mass is 32.2. The highest BCUT2D eigenvalue weighted by Crippen LogP contribution is 2.30. The number of nitrogens with one attached hydrogen (secondary N) is 1. The number of carbonyl (C=O) groups is 2. The molecule has 0 bridgehead atoms. The van der Waals surface area contributed by atoms with Crippen molar-refractivity contribution in [2.75, 3.05) is 47.0 Å². The molecule has 1 fully saturated rings. The summed E-state index contributed by atoms with van der Waals surface area (Å²) in [5, 5.41) is 13.0. The van der Waals surface area contributed by atoms with Gasteiger partial charge in [0.2, 0.25) is 16.0 Å². The molecular weight excluding hydrogens is 524 g/mol. The minimum absolute atomic E-state index is 0.0697. The van der Waals surface area contributed by atoms with Crippen molar-refractivity contribution in [2.24, 2.45) is 0 Å². The molecule has 0 spiro atoms. The van der Waals surface area contributed by atoms with Gasteiger partial charge in [0, 0.05) is 38.6 Å². The fourth-order valence-electron chi connectivity index (χ4n) is 4.49. The van der Waals surface area contributed by atoms with Crippen LogP contribution in [0.2, 0.25) is 0 Å². The number of hydrogen-bond acceptors (Lipinski definition) is 9. The summed E-state index contributed by atoms with van der Waals surface area (Å²) in [4.78, 5) is 37.0. The first-order valence-corrected chi connectivity index (χ1v) is 15.0. The summed E-state index contributed by atoms with van der Waals surface area (Å²) in [5.41, 5.74) is 0.845. The Balaban J connectivity index is 1.88. The lowest BCUT2D eigenvalue weighted by atomic mass is 10.1. The number of ether oxygens (including phenoxy) is 1. The number of aliphatic carboxylic acids is 1. The molecule has 13 heteroatoms. The smallest absolute Gasteiger partial charge is 0.415 e. The summed E-state index contributed by atoms with van der Waals surface area (Å²) >= 11 is 0. The van der Waals surface area contributed by atoms with Gasteiger partial charge in [-0.25, -0.2) is 23.0 Å². The zero-order valence-electron chi connectivity index (χ0n) is 23.1. The van der Waals surface area contributed by atoms with Crippen molar-refractivity contribution in [2.45, 2.75) is 59.0 Å². The van der Waals surface area contributed by atoms with Crippen LogP contribution in [0.15, 0.2) is 30.5 Å². The molecule has 1 saturated heterocycles. The van der Waals surface area contributed by atoms with Crippen LogP contribution >= 0.6 is 0 Å². The van der Waals surface area contributed by atoms with Crippen molar-refractivity contribution < 1.29 is 27.9 Å². The second-order valence-corrected chi connectivity index (χ2v) is 11.5. The Kier molecular flexibility index (Phi) is 9.95. The normalized spacial score (nSPS) is 14.3. The lowest BCUT2D eigenvalue weighted by Crippen LogP contribution is -2.39. The van der Waals surface area contributed by atoms with E-state index in [0.717, 1.165) is 19.1 Å². The standard InChI is InChI=1S/C26H38N6O6S/c1-6-30(7-2)25-27-17-22(32(18(3)4)39(5,36)37)23(29-25)28-21(24(33)34)16-19-10-12-20(13-11-19)38-26(35)31-14-8-9-15-31/h10-13,17-18,21H,6-9,14-16H2,1-5H3,(H,33,34)(H,27,28,29)/t21-/m0/s1. The Bertz CT molecular complexity index is 1240. The first-order valence-electron chi connectivity index (χ1n) is 13.1. The van der Waals surface area contributed by atoms with Gasteiger partial charge in [-0.3, -0.25) is 4.31 Å². The molecule has 1 aromatic heterocycles. The Morgan fingerprint density at radius 1 is 1.13 bits per heavy atom. The molecule has 0 aliphatic carbocycles. The number of carboxylic acids is 1. The monoisotopic (exact) mass is 562 g/mol. The molecule has 0 radical (unpaired) electrons. The van der Waals surface area contributed by atoms with Gasteiger partial charge in [-0.15, -0.1) is 0 Å². The third-order valence-corrected chi connectivity index (χ3v) is 7.74. The number of amides is 1. The van der Waals surface area contributed by atoms with E-state index in [1.54, 1.807) is 43.0 Å². The molecule has 0 saturated carbocycles. The van der Waals surface area contributed by atoms with Crippen LogP contribution in [-0.4, -0.2) is 85.0 Å². The summed E-state index contributed by atoms with van der Waals surface area (Å²) < 4.78 is 31.9. The van der Waals surface area contributed by atoms with E-state index in [-0.39, 0.29) is 17.9 Å². The number of rotatable bonds is 12. The van der Waals surface area contributed by atoms with Crippen molar-refractivity contribution in [3.63, 3.8) is 0 Å².